The molecule has 0 bridgehead atoms. The maximum Gasteiger partial charge on any atom is 0.269 e. The Kier molecular flexibility index (Phi) is 3.85. The lowest BCUT2D eigenvalue weighted by Gasteiger charge is -1.97. The molecule has 80 valence electrons. The summed E-state index contributed by atoms with van der Waals surface area (Å²) in [5.74, 6) is -0.170. The van der Waals surface area contributed by atoms with E-state index in [1.807, 2.05) is 26.0 Å². The zero-order valence-electron chi connectivity index (χ0n) is 9.16. The van der Waals surface area contributed by atoms with E-state index in [0.717, 1.165) is 11.0 Å². The molecule has 0 aliphatic heterocycles. The fraction of sp³-hybridized carbons (Fsp3) is 0.273. The highest BCUT2D eigenvalue weighted by molar-refractivity contribution is 5.94. The molecule has 0 aromatic carbocycles. The maximum absolute atomic E-state index is 11.2. The van der Waals surface area contributed by atoms with Crippen LogP contribution in [0.25, 0.3) is 11.0 Å². The van der Waals surface area contributed by atoms with Crippen molar-refractivity contribution in [1.82, 2.24) is 15.3 Å². The number of nitrogens with one attached hydrogen (secondary N) is 2. The van der Waals surface area contributed by atoms with Crippen LogP contribution >= 0.6 is 0 Å². The van der Waals surface area contributed by atoms with Gasteiger partial charge in [0.15, 0.2) is 0 Å². The van der Waals surface area contributed by atoms with Crippen molar-refractivity contribution in [2.75, 3.05) is 7.05 Å². The van der Waals surface area contributed by atoms with Crippen molar-refractivity contribution in [3.8, 4) is 0 Å². The summed E-state index contributed by atoms with van der Waals surface area (Å²) in [5.41, 5.74) is 1.17. The first-order valence-corrected chi connectivity index (χ1v) is 4.97. The van der Waals surface area contributed by atoms with Gasteiger partial charge in [-0.25, -0.2) is 4.98 Å². The number of aromatic nitrogens is 2. The minimum absolute atomic E-state index is 0.170. The van der Waals surface area contributed by atoms with Crippen LogP contribution in [0.4, 0.5) is 0 Å². The van der Waals surface area contributed by atoms with E-state index in [0.29, 0.717) is 5.69 Å². The van der Waals surface area contributed by atoms with Crippen LogP contribution < -0.4 is 5.32 Å². The predicted molar refractivity (Wildman–Crippen MR) is 60.8 cm³/mol. The fourth-order valence-corrected chi connectivity index (χ4v) is 1.18. The van der Waals surface area contributed by atoms with Gasteiger partial charge < -0.3 is 10.3 Å². The molecule has 2 rings (SSSR count). The van der Waals surface area contributed by atoms with E-state index in [9.17, 15) is 4.79 Å². The number of hydrogen-bond donors (Lipinski definition) is 2. The van der Waals surface area contributed by atoms with Gasteiger partial charge in [-0.05, 0) is 18.2 Å². The van der Waals surface area contributed by atoms with Crippen LogP contribution in [0.5, 0.6) is 0 Å². The van der Waals surface area contributed by atoms with Crippen molar-refractivity contribution in [3.05, 3.63) is 30.1 Å². The van der Waals surface area contributed by atoms with Gasteiger partial charge in [-0.2, -0.15) is 0 Å². The van der Waals surface area contributed by atoms with Crippen molar-refractivity contribution in [1.29, 1.82) is 0 Å². The lowest BCUT2D eigenvalue weighted by atomic mass is 10.3. The summed E-state index contributed by atoms with van der Waals surface area (Å²) >= 11 is 0. The Morgan fingerprint density at radius 2 is 2.07 bits per heavy atom. The molecule has 2 N–H and O–H groups in total. The second kappa shape index (κ2) is 5.14. The lowest BCUT2D eigenvalue weighted by Crippen LogP contribution is -2.18. The summed E-state index contributed by atoms with van der Waals surface area (Å²) in [5, 5.41) is 3.53. The third-order valence-electron chi connectivity index (χ3n) is 1.87. The summed E-state index contributed by atoms with van der Waals surface area (Å²) < 4.78 is 0. The molecule has 0 aliphatic carbocycles. The molecule has 2 heterocycles. The van der Waals surface area contributed by atoms with Gasteiger partial charge in [-0.3, -0.25) is 4.79 Å². The van der Waals surface area contributed by atoms with Gasteiger partial charge >= 0.3 is 0 Å². The van der Waals surface area contributed by atoms with Gasteiger partial charge in [0.1, 0.15) is 11.3 Å². The van der Waals surface area contributed by atoms with E-state index in [1.165, 1.54) is 0 Å². The fourth-order valence-electron chi connectivity index (χ4n) is 1.18. The summed E-state index contributed by atoms with van der Waals surface area (Å²) in [6, 6.07) is 5.48. The molecule has 0 unspecified atom stereocenters. The number of carbonyl (C=O) groups excluding carboxylic acids is 1. The number of fused-ring (bicyclic) bond motifs is 1. The maximum atomic E-state index is 11.2. The molecular weight excluding hydrogens is 190 g/mol. The molecule has 0 radical (unpaired) electrons. The van der Waals surface area contributed by atoms with Gasteiger partial charge in [-0.15, -0.1) is 0 Å². The first-order valence-electron chi connectivity index (χ1n) is 4.97. The highest BCUT2D eigenvalue weighted by Gasteiger charge is 2.05. The number of aromatic amines is 1. The molecule has 2 aromatic rings. The van der Waals surface area contributed by atoms with Crippen LogP contribution in [0.2, 0.25) is 0 Å². The summed E-state index contributed by atoms with van der Waals surface area (Å²) in [6.07, 6.45) is 1.80. The molecule has 2 aromatic heterocycles. The second-order valence-corrected chi connectivity index (χ2v) is 2.69. The lowest BCUT2D eigenvalue weighted by molar-refractivity contribution is 0.0958. The highest BCUT2D eigenvalue weighted by atomic mass is 16.1. The van der Waals surface area contributed by atoms with Gasteiger partial charge in [0.25, 0.3) is 5.91 Å². The zero-order valence-corrected chi connectivity index (χ0v) is 9.16. The zero-order chi connectivity index (χ0) is 11.3. The minimum atomic E-state index is -0.170. The predicted octanol–water partition coefficient (Wildman–Crippen LogP) is 1.95. The van der Waals surface area contributed by atoms with Gasteiger partial charge in [0.05, 0.1) is 0 Å². The van der Waals surface area contributed by atoms with E-state index in [4.69, 9.17) is 0 Å². The molecule has 0 spiro atoms. The average Bonchev–Trinajstić information content (AvgIpc) is 2.77. The molecule has 0 aliphatic rings. The number of nitrogens with zero attached hydrogens (tertiary/aromatic N) is 1. The highest BCUT2D eigenvalue weighted by Crippen LogP contribution is 2.09. The van der Waals surface area contributed by atoms with E-state index < -0.39 is 0 Å². The largest absolute Gasteiger partial charge is 0.354 e. The Bertz CT molecular complexity index is 448. The Hall–Kier alpha value is -1.84. The van der Waals surface area contributed by atoms with E-state index in [2.05, 4.69) is 15.3 Å². The van der Waals surface area contributed by atoms with Crippen LogP contribution in [-0.4, -0.2) is 22.9 Å². The van der Waals surface area contributed by atoms with E-state index >= 15 is 0 Å². The molecule has 0 saturated carbocycles. The number of pyridine rings is 1. The summed E-state index contributed by atoms with van der Waals surface area (Å²) in [6.45, 7) is 4.00. The van der Waals surface area contributed by atoms with Crippen molar-refractivity contribution in [3.63, 3.8) is 0 Å². The SMILES string of the molecule is CC.CNC(=O)c1ccc2cc[nH]c2n1. The molecule has 4 nitrogen and oxygen atoms in total. The molecular formula is C11H15N3O. The number of H-pyrrole nitrogens is 1. The van der Waals surface area contributed by atoms with E-state index in [-0.39, 0.29) is 5.91 Å². The second-order valence-electron chi connectivity index (χ2n) is 2.69. The molecule has 0 atom stereocenters. The van der Waals surface area contributed by atoms with Crippen molar-refractivity contribution in [2.45, 2.75) is 13.8 Å². The molecule has 1 amide bonds. The van der Waals surface area contributed by atoms with Gasteiger partial charge in [-0.1, -0.05) is 13.8 Å². The third-order valence-corrected chi connectivity index (χ3v) is 1.87. The molecule has 4 heteroatoms. The number of hydrogen-bond acceptors (Lipinski definition) is 2. The van der Waals surface area contributed by atoms with Gasteiger partial charge in [0, 0.05) is 18.6 Å². The van der Waals surface area contributed by atoms with Crippen LogP contribution in [-0.2, 0) is 0 Å². The number of rotatable bonds is 1. The van der Waals surface area contributed by atoms with Gasteiger partial charge in [0.2, 0.25) is 0 Å². The Balaban J connectivity index is 0.000000531. The smallest absolute Gasteiger partial charge is 0.269 e. The van der Waals surface area contributed by atoms with Crippen LogP contribution in [0.1, 0.15) is 24.3 Å². The minimum Gasteiger partial charge on any atom is -0.354 e. The third kappa shape index (κ3) is 2.34. The summed E-state index contributed by atoms with van der Waals surface area (Å²) in [7, 11) is 1.59. The Labute approximate surface area is 88.7 Å². The topological polar surface area (TPSA) is 57.8 Å². The molecule has 0 saturated heterocycles. The molecule has 15 heavy (non-hydrogen) atoms. The first-order chi connectivity index (χ1) is 7.31. The quantitative estimate of drug-likeness (QED) is 0.747. The van der Waals surface area contributed by atoms with Crippen LogP contribution in [0.15, 0.2) is 24.4 Å². The average molecular weight is 205 g/mol. The number of carbonyl (C=O) groups is 1. The van der Waals surface area contributed by atoms with Crippen LogP contribution in [0, 0.1) is 0 Å². The Morgan fingerprint density at radius 3 is 2.73 bits per heavy atom. The molecule has 0 fully saturated rings. The first kappa shape index (κ1) is 11.2. The van der Waals surface area contributed by atoms with Crippen molar-refractivity contribution < 1.29 is 4.79 Å². The van der Waals surface area contributed by atoms with Crippen molar-refractivity contribution >= 4 is 16.9 Å². The number of amides is 1. The summed E-state index contributed by atoms with van der Waals surface area (Å²) in [4.78, 5) is 18.3. The van der Waals surface area contributed by atoms with E-state index in [1.54, 1.807) is 19.3 Å². The normalized spacial score (nSPS) is 9.27. The standard InChI is InChI=1S/C9H9N3O.C2H6/c1-10-9(13)7-3-2-6-4-5-11-8(6)12-7;1-2/h2-5H,1H3,(H,10,13)(H,11,12);1-2H3. The Morgan fingerprint density at radius 1 is 1.33 bits per heavy atom. The van der Waals surface area contributed by atoms with Crippen molar-refractivity contribution in [2.24, 2.45) is 0 Å². The monoisotopic (exact) mass is 205 g/mol. The van der Waals surface area contributed by atoms with Crippen LogP contribution in [0.3, 0.4) is 0 Å².